The highest BCUT2D eigenvalue weighted by molar-refractivity contribution is 5.66. The van der Waals surface area contributed by atoms with Gasteiger partial charge in [-0.25, -0.2) is 9.97 Å². The third kappa shape index (κ3) is 4.74. The van der Waals surface area contributed by atoms with Crippen molar-refractivity contribution in [2.75, 3.05) is 31.9 Å². The fraction of sp³-hybridized carbons (Fsp3) is 0.304. The van der Waals surface area contributed by atoms with Crippen LogP contribution in [0.4, 0.5) is 5.95 Å². The largest absolute Gasteiger partial charge is 0.368 e. The number of hydrogen-bond donors (Lipinski definition) is 1. The van der Waals surface area contributed by atoms with Crippen LogP contribution in [-0.4, -0.2) is 45.9 Å². The zero-order chi connectivity index (χ0) is 19.2. The first-order valence-corrected chi connectivity index (χ1v) is 9.92. The molecule has 28 heavy (non-hydrogen) atoms. The van der Waals surface area contributed by atoms with Gasteiger partial charge in [0.1, 0.15) is 0 Å². The number of anilines is 1. The molecule has 0 amide bonds. The monoisotopic (exact) mass is 373 g/mol. The quantitative estimate of drug-likeness (QED) is 0.742. The lowest BCUT2D eigenvalue weighted by atomic mass is 10.0. The van der Waals surface area contributed by atoms with Gasteiger partial charge in [-0.1, -0.05) is 54.6 Å². The molecule has 0 spiro atoms. The molecule has 2 aromatic carbocycles. The maximum Gasteiger partial charge on any atom is 0.219 e. The van der Waals surface area contributed by atoms with E-state index in [0.717, 1.165) is 44.8 Å². The van der Waals surface area contributed by atoms with Crippen molar-refractivity contribution >= 4 is 5.95 Å². The van der Waals surface area contributed by atoms with Gasteiger partial charge < -0.3 is 5.73 Å². The summed E-state index contributed by atoms with van der Waals surface area (Å²) >= 11 is 0. The van der Waals surface area contributed by atoms with E-state index in [4.69, 9.17) is 5.73 Å². The molecule has 1 fully saturated rings. The van der Waals surface area contributed by atoms with Gasteiger partial charge in [0, 0.05) is 44.1 Å². The predicted octanol–water partition coefficient (Wildman–Crippen LogP) is 3.43. The lowest BCUT2D eigenvalue weighted by Gasteiger charge is -2.23. The van der Waals surface area contributed by atoms with Gasteiger partial charge in [-0.3, -0.25) is 9.80 Å². The second-order valence-electron chi connectivity index (χ2n) is 7.38. The molecule has 5 nitrogen and oxygen atoms in total. The lowest BCUT2D eigenvalue weighted by Crippen LogP contribution is -2.30. The Labute approximate surface area is 166 Å². The van der Waals surface area contributed by atoms with Crippen molar-refractivity contribution in [3.8, 4) is 11.1 Å². The van der Waals surface area contributed by atoms with E-state index >= 15 is 0 Å². The molecule has 1 aliphatic heterocycles. The first-order chi connectivity index (χ1) is 13.8. The van der Waals surface area contributed by atoms with Crippen LogP contribution in [0.1, 0.15) is 17.5 Å². The number of aromatic nitrogens is 2. The zero-order valence-electron chi connectivity index (χ0n) is 16.2. The van der Waals surface area contributed by atoms with Gasteiger partial charge in [-0.15, -0.1) is 0 Å². The van der Waals surface area contributed by atoms with Crippen LogP contribution in [0.2, 0.25) is 0 Å². The van der Waals surface area contributed by atoms with Gasteiger partial charge in [-0.05, 0) is 36.2 Å². The minimum absolute atomic E-state index is 0.312. The zero-order valence-corrected chi connectivity index (χ0v) is 16.2. The minimum Gasteiger partial charge on any atom is -0.368 e. The van der Waals surface area contributed by atoms with Crippen LogP contribution in [0, 0.1) is 0 Å². The van der Waals surface area contributed by atoms with Gasteiger partial charge in [0.15, 0.2) is 0 Å². The molecule has 3 aromatic rings. The van der Waals surface area contributed by atoms with Crippen molar-refractivity contribution < 1.29 is 0 Å². The maximum absolute atomic E-state index is 5.64. The van der Waals surface area contributed by atoms with Crippen LogP contribution in [-0.2, 0) is 13.1 Å². The normalized spacial score (nSPS) is 16.0. The molecule has 1 aliphatic rings. The second kappa shape index (κ2) is 8.95. The Morgan fingerprint density at radius 3 is 2.14 bits per heavy atom. The van der Waals surface area contributed by atoms with E-state index in [2.05, 4.69) is 74.4 Å². The van der Waals surface area contributed by atoms with Crippen molar-refractivity contribution in [1.82, 2.24) is 19.8 Å². The minimum atomic E-state index is 0.312. The second-order valence-corrected chi connectivity index (χ2v) is 7.38. The van der Waals surface area contributed by atoms with Crippen molar-refractivity contribution in [3.63, 3.8) is 0 Å². The van der Waals surface area contributed by atoms with Crippen LogP contribution in [0.25, 0.3) is 11.1 Å². The number of benzene rings is 2. The smallest absolute Gasteiger partial charge is 0.219 e. The SMILES string of the molecule is Nc1ncc(-c2ccccc2CN2CCCN(Cc3ccccc3)CC2)cn1. The molecule has 5 heteroatoms. The Morgan fingerprint density at radius 1 is 0.750 bits per heavy atom. The summed E-state index contributed by atoms with van der Waals surface area (Å²) in [5.74, 6) is 0.312. The number of rotatable bonds is 5. The molecule has 0 atom stereocenters. The number of nitrogen functional groups attached to an aromatic ring is 1. The molecule has 4 rings (SSSR count). The van der Waals surface area contributed by atoms with E-state index in [1.807, 2.05) is 12.4 Å². The summed E-state index contributed by atoms with van der Waals surface area (Å²) in [6.45, 7) is 6.44. The highest BCUT2D eigenvalue weighted by Crippen LogP contribution is 2.24. The summed E-state index contributed by atoms with van der Waals surface area (Å²) in [6, 6.07) is 19.3. The molecule has 0 aliphatic carbocycles. The molecule has 2 heterocycles. The van der Waals surface area contributed by atoms with Gasteiger partial charge in [0.2, 0.25) is 5.95 Å². The summed E-state index contributed by atoms with van der Waals surface area (Å²) in [7, 11) is 0. The van der Waals surface area contributed by atoms with Crippen LogP contribution in [0.15, 0.2) is 67.0 Å². The van der Waals surface area contributed by atoms with Gasteiger partial charge >= 0.3 is 0 Å². The summed E-state index contributed by atoms with van der Waals surface area (Å²) in [5, 5.41) is 0. The molecule has 1 saturated heterocycles. The van der Waals surface area contributed by atoms with E-state index in [0.29, 0.717) is 5.95 Å². The average molecular weight is 374 g/mol. The Balaban J connectivity index is 1.42. The molecular formula is C23H27N5. The van der Waals surface area contributed by atoms with E-state index in [9.17, 15) is 0 Å². The van der Waals surface area contributed by atoms with Crippen molar-refractivity contribution in [2.24, 2.45) is 0 Å². The Hall–Kier alpha value is -2.76. The van der Waals surface area contributed by atoms with Gasteiger partial charge in [-0.2, -0.15) is 0 Å². The average Bonchev–Trinajstić information content (AvgIpc) is 2.95. The summed E-state index contributed by atoms with van der Waals surface area (Å²) in [5.41, 5.74) is 10.6. The molecule has 0 bridgehead atoms. The van der Waals surface area contributed by atoms with E-state index in [-0.39, 0.29) is 0 Å². The van der Waals surface area contributed by atoms with Gasteiger partial charge in [0.05, 0.1) is 0 Å². The third-order valence-corrected chi connectivity index (χ3v) is 5.32. The first-order valence-electron chi connectivity index (χ1n) is 9.92. The first kappa shape index (κ1) is 18.6. The van der Waals surface area contributed by atoms with E-state index in [1.165, 1.54) is 23.1 Å². The fourth-order valence-corrected chi connectivity index (χ4v) is 3.84. The highest BCUT2D eigenvalue weighted by Gasteiger charge is 2.16. The summed E-state index contributed by atoms with van der Waals surface area (Å²) in [4.78, 5) is 13.4. The topological polar surface area (TPSA) is 58.3 Å². The standard InChI is InChI=1S/C23H27N5/c24-23-25-15-21(16-26-23)22-10-5-4-9-20(22)18-28-12-6-11-27(13-14-28)17-19-7-2-1-3-8-19/h1-5,7-10,15-16H,6,11-14,17-18H2,(H2,24,25,26). The van der Waals surface area contributed by atoms with Crippen LogP contribution in [0.5, 0.6) is 0 Å². The number of nitrogens with zero attached hydrogens (tertiary/aromatic N) is 4. The van der Waals surface area contributed by atoms with Crippen molar-refractivity contribution in [3.05, 3.63) is 78.1 Å². The van der Waals surface area contributed by atoms with Crippen molar-refractivity contribution in [2.45, 2.75) is 19.5 Å². The Bertz CT molecular complexity index is 879. The van der Waals surface area contributed by atoms with E-state index < -0.39 is 0 Å². The van der Waals surface area contributed by atoms with E-state index in [1.54, 1.807) is 0 Å². The summed E-state index contributed by atoms with van der Waals surface area (Å²) in [6.07, 6.45) is 4.82. The molecule has 1 aromatic heterocycles. The third-order valence-electron chi connectivity index (χ3n) is 5.32. The molecule has 0 unspecified atom stereocenters. The van der Waals surface area contributed by atoms with Crippen LogP contribution < -0.4 is 5.73 Å². The molecule has 2 N–H and O–H groups in total. The fourth-order valence-electron chi connectivity index (χ4n) is 3.84. The van der Waals surface area contributed by atoms with Crippen molar-refractivity contribution in [1.29, 1.82) is 0 Å². The molecule has 0 saturated carbocycles. The molecule has 144 valence electrons. The Kier molecular flexibility index (Phi) is 5.95. The number of hydrogen-bond acceptors (Lipinski definition) is 5. The predicted molar refractivity (Wildman–Crippen MR) is 113 cm³/mol. The van der Waals surface area contributed by atoms with Crippen LogP contribution >= 0.6 is 0 Å². The number of nitrogens with two attached hydrogens (primary N) is 1. The maximum atomic E-state index is 5.64. The van der Waals surface area contributed by atoms with Crippen LogP contribution in [0.3, 0.4) is 0 Å². The lowest BCUT2D eigenvalue weighted by molar-refractivity contribution is 0.247. The molecule has 0 radical (unpaired) electrons. The Morgan fingerprint density at radius 2 is 1.39 bits per heavy atom. The highest BCUT2D eigenvalue weighted by atomic mass is 15.2. The molecular weight excluding hydrogens is 346 g/mol. The summed E-state index contributed by atoms with van der Waals surface area (Å²) < 4.78 is 0. The van der Waals surface area contributed by atoms with Gasteiger partial charge in [0.25, 0.3) is 0 Å².